The van der Waals surface area contributed by atoms with Gasteiger partial charge in [-0.25, -0.2) is 4.39 Å². The standard InChI is InChI=1S/C21H29FN2O2/c1-24-19(25)21-8-2-7-20(9-11-21,10-12-21)17-3-5-18(6-4-17)26-15-16(13-22)14-23/h3-6,13H,2,7-12,14-15,23H2,1H3,(H,24,25). The van der Waals surface area contributed by atoms with E-state index < -0.39 is 0 Å². The van der Waals surface area contributed by atoms with E-state index in [2.05, 4.69) is 17.4 Å². The highest BCUT2D eigenvalue weighted by Gasteiger charge is 2.49. The molecular weight excluding hydrogens is 331 g/mol. The van der Waals surface area contributed by atoms with Gasteiger partial charge in [-0.3, -0.25) is 4.79 Å². The van der Waals surface area contributed by atoms with Gasteiger partial charge in [-0.15, -0.1) is 0 Å². The van der Waals surface area contributed by atoms with Gasteiger partial charge in [0.15, 0.2) is 0 Å². The molecule has 1 amide bonds. The van der Waals surface area contributed by atoms with E-state index in [1.807, 2.05) is 12.1 Å². The number of hydrogen-bond acceptors (Lipinski definition) is 3. The van der Waals surface area contributed by atoms with Gasteiger partial charge in [0.2, 0.25) is 5.91 Å². The average Bonchev–Trinajstić information content (AvgIpc) is 3.01. The summed E-state index contributed by atoms with van der Waals surface area (Å²) in [6, 6.07) is 8.19. The summed E-state index contributed by atoms with van der Waals surface area (Å²) < 4.78 is 18.2. The predicted octanol–water partition coefficient (Wildman–Crippen LogP) is 3.61. The topological polar surface area (TPSA) is 64.3 Å². The van der Waals surface area contributed by atoms with Crippen LogP contribution in [0.25, 0.3) is 0 Å². The van der Waals surface area contributed by atoms with Crippen molar-refractivity contribution in [1.82, 2.24) is 5.32 Å². The maximum Gasteiger partial charge on any atom is 0.225 e. The number of nitrogens with two attached hydrogens (primary N) is 1. The van der Waals surface area contributed by atoms with Gasteiger partial charge >= 0.3 is 0 Å². The Morgan fingerprint density at radius 1 is 1.19 bits per heavy atom. The summed E-state index contributed by atoms with van der Waals surface area (Å²) in [7, 11) is 1.75. The van der Waals surface area contributed by atoms with Gasteiger partial charge in [0.1, 0.15) is 12.4 Å². The summed E-state index contributed by atoms with van der Waals surface area (Å²) in [5.41, 5.74) is 7.24. The molecule has 3 aliphatic rings. The van der Waals surface area contributed by atoms with Crippen molar-refractivity contribution in [2.45, 2.75) is 50.4 Å². The van der Waals surface area contributed by atoms with Crippen LogP contribution >= 0.6 is 0 Å². The Labute approximate surface area is 155 Å². The average molecular weight is 360 g/mol. The van der Waals surface area contributed by atoms with E-state index in [0.717, 1.165) is 50.7 Å². The number of carbonyl (C=O) groups excluding carboxylic acids is 1. The largest absolute Gasteiger partial charge is 0.489 e. The first-order valence-electron chi connectivity index (χ1n) is 9.51. The molecule has 5 heteroatoms. The van der Waals surface area contributed by atoms with E-state index in [4.69, 9.17) is 10.5 Å². The molecule has 3 N–H and O–H groups in total. The third-order valence-corrected chi connectivity index (χ3v) is 6.49. The fourth-order valence-corrected chi connectivity index (χ4v) is 4.73. The molecule has 3 aliphatic carbocycles. The van der Waals surface area contributed by atoms with Gasteiger partial charge in [0.05, 0.1) is 6.33 Å². The molecule has 26 heavy (non-hydrogen) atoms. The van der Waals surface area contributed by atoms with E-state index in [1.54, 1.807) is 7.05 Å². The lowest BCUT2D eigenvalue weighted by molar-refractivity contribution is -0.132. The fourth-order valence-electron chi connectivity index (χ4n) is 4.73. The molecule has 142 valence electrons. The molecule has 0 aliphatic heterocycles. The minimum atomic E-state index is -0.158. The number of benzene rings is 1. The van der Waals surface area contributed by atoms with E-state index in [0.29, 0.717) is 11.9 Å². The molecule has 0 unspecified atom stereocenters. The van der Waals surface area contributed by atoms with E-state index >= 15 is 0 Å². The Bertz CT molecular complexity index is 661. The van der Waals surface area contributed by atoms with Crippen molar-refractivity contribution in [2.75, 3.05) is 20.2 Å². The summed E-state index contributed by atoms with van der Waals surface area (Å²) in [6.07, 6.45) is 7.77. The van der Waals surface area contributed by atoms with Gasteiger partial charge in [-0.05, 0) is 61.6 Å². The van der Waals surface area contributed by atoms with E-state index in [-0.39, 0.29) is 29.9 Å². The van der Waals surface area contributed by atoms with Gasteiger partial charge < -0.3 is 15.8 Å². The SMILES string of the molecule is CNC(=O)C12CCCC(c3ccc(OCC(=CF)CN)cc3)(CC1)CC2. The summed E-state index contributed by atoms with van der Waals surface area (Å²) in [6.45, 7) is 0.330. The number of fused-ring (bicyclic) bond motifs is 4. The zero-order valence-corrected chi connectivity index (χ0v) is 15.5. The molecule has 0 spiro atoms. The van der Waals surface area contributed by atoms with Crippen LogP contribution in [0.4, 0.5) is 4.39 Å². The quantitative estimate of drug-likeness (QED) is 0.815. The highest BCUT2D eigenvalue weighted by molar-refractivity contribution is 5.82. The number of amides is 1. The third kappa shape index (κ3) is 3.50. The molecule has 0 heterocycles. The maximum absolute atomic E-state index is 12.6. The van der Waals surface area contributed by atoms with Crippen molar-refractivity contribution in [3.05, 3.63) is 41.7 Å². The van der Waals surface area contributed by atoms with Gasteiger partial charge in [-0.2, -0.15) is 0 Å². The molecule has 0 radical (unpaired) electrons. The minimum absolute atomic E-state index is 0.158. The number of nitrogens with one attached hydrogen (secondary N) is 1. The van der Waals surface area contributed by atoms with Crippen molar-refractivity contribution >= 4 is 5.91 Å². The summed E-state index contributed by atoms with van der Waals surface area (Å²) in [5, 5.41) is 2.88. The van der Waals surface area contributed by atoms with Crippen LogP contribution in [0.1, 0.15) is 50.5 Å². The molecule has 1 aromatic carbocycles. The van der Waals surface area contributed by atoms with Gasteiger partial charge in [-0.1, -0.05) is 18.6 Å². The predicted molar refractivity (Wildman–Crippen MR) is 101 cm³/mol. The zero-order valence-electron chi connectivity index (χ0n) is 15.5. The molecule has 1 aromatic rings. The van der Waals surface area contributed by atoms with Crippen molar-refractivity contribution < 1.29 is 13.9 Å². The lowest BCUT2D eigenvalue weighted by atomic mass is 9.62. The number of rotatable bonds is 6. The van der Waals surface area contributed by atoms with Crippen LogP contribution in [0.5, 0.6) is 5.75 Å². The number of halogens is 1. The van der Waals surface area contributed by atoms with Crippen LogP contribution in [-0.4, -0.2) is 26.1 Å². The minimum Gasteiger partial charge on any atom is -0.489 e. The Morgan fingerprint density at radius 2 is 1.88 bits per heavy atom. The Balaban J connectivity index is 1.71. The smallest absolute Gasteiger partial charge is 0.225 e. The van der Waals surface area contributed by atoms with Crippen molar-refractivity contribution in [3.63, 3.8) is 0 Å². The molecule has 2 bridgehead atoms. The summed E-state index contributed by atoms with van der Waals surface area (Å²) >= 11 is 0. The third-order valence-electron chi connectivity index (χ3n) is 6.49. The summed E-state index contributed by atoms with van der Waals surface area (Å²) in [5.74, 6) is 0.940. The van der Waals surface area contributed by atoms with Crippen LogP contribution in [0, 0.1) is 5.41 Å². The van der Waals surface area contributed by atoms with Crippen LogP contribution in [0.3, 0.4) is 0 Å². The van der Waals surface area contributed by atoms with Crippen molar-refractivity contribution in [3.8, 4) is 5.75 Å². The monoisotopic (exact) mass is 360 g/mol. The van der Waals surface area contributed by atoms with Crippen LogP contribution in [-0.2, 0) is 10.2 Å². The molecule has 4 nitrogen and oxygen atoms in total. The van der Waals surface area contributed by atoms with Crippen LogP contribution in [0.2, 0.25) is 0 Å². The number of hydrogen-bond donors (Lipinski definition) is 2. The van der Waals surface area contributed by atoms with Crippen molar-refractivity contribution in [2.24, 2.45) is 11.1 Å². The first-order chi connectivity index (χ1) is 12.6. The first kappa shape index (κ1) is 18.9. The second-order valence-corrected chi connectivity index (χ2v) is 7.78. The van der Waals surface area contributed by atoms with E-state index in [1.165, 1.54) is 5.56 Å². The molecule has 4 rings (SSSR count). The molecule has 0 aromatic heterocycles. The lowest BCUT2D eigenvalue weighted by Gasteiger charge is -2.42. The van der Waals surface area contributed by atoms with Gasteiger partial charge in [0, 0.05) is 24.6 Å². The Hall–Kier alpha value is -1.88. The molecule has 0 saturated heterocycles. The van der Waals surface area contributed by atoms with E-state index in [9.17, 15) is 9.18 Å². The molecule has 3 saturated carbocycles. The Kier molecular flexibility index (Phi) is 5.66. The molecule has 0 atom stereocenters. The van der Waals surface area contributed by atoms with Crippen molar-refractivity contribution in [1.29, 1.82) is 0 Å². The normalized spacial score (nSPS) is 28.5. The highest BCUT2D eigenvalue weighted by Crippen LogP contribution is 2.55. The molecule has 3 fully saturated rings. The van der Waals surface area contributed by atoms with Crippen LogP contribution < -0.4 is 15.8 Å². The second-order valence-electron chi connectivity index (χ2n) is 7.78. The van der Waals surface area contributed by atoms with Gasteiger partial charge in [0.25, 0.3) is 0 Å². The molecular formula is C21H29FN2O2. The first-order valence-corrected chi connectivity index (χ1v) is 9.51. The number of ether oxygens (including phenoxy) is 1. The zero-order chi connectivity index (χ0) is 18.6. The second kappa shape index (κ2) is 7.78. The number of carbonyl (C=O) groups is 1. The highest BCUT2D eigenvalue weighted by atomic mass is 19.1. The fraction of sp³-hybridized carbons (Fsp3) is 0.571. The maximum atomic E-state index is 12.6. The Morgan fingerprint density at radius 3 is 2.46 bits per heavy atom. The lowest BCUT2D eigenvalue weighted by Crippen LogP contribution is -2.43. The van der Waals surface area contributed by atoms with Crippen LogP contribution in [0.15, 0.2) is 36.2 Å². The summed E-state index contributed by atoms with van der Waals surface area (Å²) in [4.78, 5) is 12.4.